The summed E-state index contributed by atoms with van der Waals surface area (Å²) in [5.74, 6) is -0.908. The number of carbonyl (C=O) groups excluding carboxylic acids is 1. The van der Waals surface area contributed by atoms with Crippen LogP contribution in [0.3, 0.4) is 0 Å². The molecule has 2 aliphatic rings. The van der Waals surface area contributed by atoms with E-state index in [2.05, 4.69) is 0 Å². The maximum absolute atomic E-state index is 11.5. The maximum Gasteiger partial charge on any atom is 0.190 e. The summed E-state index contributed by atoms with van der Waals surface area (Å²) >= 11 is 0. The SMILES string of the molecule is CCC(=O)C[C@]1(CO)O[C@@H]2OC(C)(C)O[C@@H]2[C@@H]1O. The summed E-state index contributed by atoms with van der Waals surface area (Å²) in [5.41, 5.74) is -1.31. The molecule has 18 heavy (non-hydrogen) atoms. The second-order valence-corrected chi connectivity index (χ2v) is 5.32. The molecular weight excluding hydrogens is 240 g/mol. The summed E-state index contributed by atoms with van der Waals surface area (Å²) in [5, 5.41) is 19.7. The van der Waals surface area contributed by atoms with Crippen LogP contribution in [0.25, 0.3) is 0 Å². The monoisotopic (exact) mass is 260 g/mol. The van der Waals surface area contributed by atoms with Crippen molar-refractivity contribution in [2.75, 3.05) is 6.61 Å². The molecule has 2 heterocycles. The average Bonchev–Trinajstić information content (AvgIpc) is 2.72. The van der Waals surface area contributed by atoms with Gasteiger partial charge in [-0.1, -0.05) is 6.92 Å². The molecule has 0 spiro atoms. The van der Waals surface area contributed by atoms with Gasteiger partial charge >= 0.3 is 0 Å². The van der Waals surface area contributed by atoms with E-state index in [0.29, 0.717) is 6.42 Å². The van der Waals surface area contributed by atoms with Crippen LogP contribution in [0, 0.1) is 0 Å². The van der Waals surface area contributed by atoms with Gasteiger partial charge in [0.05, 0.1) is 6.61 Å². The third-order valence-corrected chi connectivity index (χ3v) is 3.45. The second kappa shape index (κ2) is 4.54. The molecule has 2 saturated heterocycles. The Balaban J connectivity index is 2.15. The van der Waals surface area contributed by atoms with Crippen molar-refractivity contribution in [1.29, 1.82) is 0 Å². The highest BCUT2D eigenvalue weighted by Crippen LogP contribution is 2.43. The van der Waals surface area contributed by atoms with Crippen molar-refractivity contribution in [2.45, 2.75) is 63.5 Å². The Kier molecular flexibility index (Phi) is 3.50. The fourth-order valence-corrected chi connectivity index (χ4v) is 2.45. The van der Waals surface area contributed by atoms with E-state index in [1.54, 1.807) is 20.8 Å². The van der Waals surface area contributed by atoms with Gasteiger partial charge in [-0.25, -0.2) is 0 Å². The summed E-state index contributed by atoms with van der Waals surface area (Å²) in [6.07, 6.45) is -2.20. The Morgan fingerprint density at radius 2 is 1.94 bits per heavy atom. The average molecular weight is 260 g/mol. The Morgan fingerprint density at radius 1 is 1.28 bits per heavy atom. The van der Waals surface area contributed by atoms with Crippen LogP contribution in [0.15, 0.2) is 0 Å². The van der Waals surface area contributed by atoms with Crippen LogP contribution in [0.2, 0.25) is 0 Å². The van der Waals surface area contributed by atoms with Crippen LogP contribution in [-0.4, -0.2) is 52.5 Å². The van der Waals surface area contributed by atoms with Gasteiger partial charge in [-0.2, -0.15) is 0 Å². The number of ether oxygens (including phenoxy) is 3. The lowest BCUT2D eigenvalue weighted by Crippen LogP contribution is -2.49. The summed E-state index contributed by atoms with van der Waals surface area (Å²) in [6, 6.07) is 0. The van der Waals surface area contributed by atoms with E-state index in [1.165, 1.54) is 0 Å². The molecule has 0 aromatic heterocycles. The highest BCUT2D eigenvalue weighted by atomic mass is 16.8. The predicted octanol–water partition coefficient (Wildman–Crippen LogP) is -0.0446. The van der Waals surface area contributed by atoms with E-state index >= 15 is 0 Å². The minimum absolute atomic E-state index is 0.0404. The van der Waals surface area contributed by atoms with Gasteiger partial charge < -0.3 is 24.4 Å². The fraction of sp³-hybridized carbons (Fsp3) is 0.917. The highest BCUT2D eigenvalue weighted by Gasteiger charge is 2.61. The lowest BCUT2D eigenvalue weighted by Gasteiger charge is -2.32. The van der Waals surface area contributed by atoms with Gasteiger partial charge in [-0.05, 0) is 13.8 Å². The molecule has 104 valence electrons. The second-order valence-electron chi connectivity index (χ2n) is 5.32. The zero-order valence-corrected chi connectivity index (χ0v) is 10.9. The zero-order valence-electron chi connectivity index (χ0n) is 10.9. The zero-order chi connectivity index (χ0) is 13.6. The van der Waals surface area contributed by atoms with Gasteiger partial charge in [0.15, 0.2) is 12.1 Å². The molecule has 0 aliphatic carbocycles. The molecule has 0 aromatic rings. The molecule has 2 rings (SSSR count). The predicted molar refractivity (Wildman–Crippen MR) is 60.6 cm³/mol. The van der Waals surface area contributed by atoms with Crippen LogP contribution in [0.4, 0.5) is 0 Å². The molecule has 0 aromatic carbocycles. The number of fused-ring (bicyclic) bond motifs is 1. The Bertz CT molecular complexity index is 341. The topological polar surface area (TPSA) is 85.2 Å². The van der Waals surface area contributed by atoms with Crippen molar-refractivity contribution in [3.63, 3.8) is 0 Å². The van der Waals surface area contributed by atoms with Crippen molar-refractivity contribution in [3.8, 4) is 0 Å². The number of aliphatic hydroxyl groups is 2. The molecule has 6 heteroatoms. The number of ketones is 1. The molecule has 0 radical (unpaired) electrons. The van der Waals surface area contributed by atoms with Gasteiger partial charge in [-0.3, -0.25) is 4.79 Å². The Labute approximate surface area is 106 Å². The summed E-state index contributed by atoms with van der Waals surface area (Å²) in [6.45, 7) is 4.73. The molecule has 4 atom stereocenters. The number of rotatable bonds is 4. The van der Waals surface area contributed by atoms with Gasteiger partial charge in [0.2, 0.25) is 0 Å². The highest BCUT2D eigenvalue weighted by molar-refractivity contribution is 5.79. The lowest BCUT2D eigenvalue weighted by molar-refractivity contribution is -0.246. The van der Waals surface area contributed by atoms with Gasteiger partial charge in [0.1, 0.15) is 23.6 Å². The summed E-state index contributed by atoms with van der Waals surface area (Å²) < 4.78 is 16.6. The third kappa shape index (κ3) is 2.19. The number of Topliss-reactive ketones (excluding diaryl/α,β-unsaturated/α-hetero) is 1. The van der Waals surface area contributed by atoms with Crippen LogP contribution >= 0.6 is 0 Å². The maximum atomic E-state index is 11.5. The lowest BCUT2D eigenvalue weighted by atomic mass is 9.90. The first-order valence-electron chi connectivity index (χ1n) is 6.17. The van der Waals surface area contributed by atoms with E-state index in [9.17, 15) is 15.0 Å². The molecule has 6 nitrogen and oxygen atoms in total. The largest absolute Gasteiger partial charge is 0.393 e. The number of carbonyl (C=O) groups is 1. The standard InChI is InChI=1S/C12H20O6/c1-4-7(14)5-12(6-13)9(15)8-10(18-12)17-11(2,3)16-8/h8-10,13,15H,4-6H2,1-3H3/t8-,9+,10+,12-/m1/s1. The van der Waals surface area contributed by atoms with E-state index < -0.39 is 36.5 Å². The molecule has 2 aliphatic heterocycles. The fourth-order valence-electron chi connectivity index (χ4n) is 2.45. The molecule has 0 bridgehead atoms. The minimum Gasteiger partial charge on any atom is -0.393 e. The van der Waals surface area contributed by atoms with E-state index in [4.69, 9.17) is 14.2 Å². The molecule has 2 N–H and O–H groups in total. The van der Waals surface area contributed by atoms with Crippen molar-refractivity contribution in [2.24, 2.45) is 0 Å². The minimum atomic E-state index is -1.31. The van der Waals surface area contributed by atoms with Crippen molar-refractivity contribution in [1.82, 2.24) is 0 Å². The molecule has 0 saturated carbocycles. The molecule has 0 amide bonds. The van der Waals surface area contributed by atoms with Gasteiger partial charge in [0, 0.05) is 12.8 Å². The van der Waals surface area contributed by atoms with Gasteiger partial charge in [0.25, 0.3) is 0 Å². The van der Waals surface area contributed by atoms with Crippen LogP contribution in [0.1, 0.15) is 33.6 Å². The first-order chi connectivity index (χ1) is 8.33. The van der Waals surface area contributed by atoms with E-state index in [1.807, 2.05) is 0 Å². The summed E-state index contributed by atoms with van der Waals surface area (Å²) in [4.78, 5) is 11.5. The van der Waals surface area contributed by atoms with E-state index in [-0.39, 0.29) is 12.2 Å². The number of hydrogen-bond donors (Lipinski definition) is 2. The molecule has 2 fully saturated rings. The smallest absolute Gasteiger partial charge is 0.190 e. The number of hydrogen-bond acceptors (Lipinski definition) is 6. The number of aliphatic hydroxyl groups excluding tert-OH is 2. The molecule has 0 unspecified atom stereocenters. The first-order valence-corrected chi connectivity index (χ1v) is 6.17. The quantitative estimate of drug-likeness (QED) is 0.737. The van der Waals surface area contributed by atoms with Crippen molar-refractivity contribution in [3.05, 3.63) is 0 Å². The van der Waals surface area contributed by atoms with Gasteiger partial charge in [-0.15, -0.1) is 0 Å². The van der Waals surface area contributed by atoms with Crippen molar-refractivity contribution >= 4 is 5.78 Å². The summed E-state index contributed by atoms with van der Waals surface area (Å²) in [7, 11) is 0. The first kappa shape index (κ1) is 13.9. The Hall–Kier alpha value is -0.530. The Morgan fingerprint density at radius 3 is 2.44 bits per heavy atom. The normalized spacial score (nSPS) is 41.9. The van der Waals surface area contributed by atoms with Crippen molar-refractivity contribution < 1.29 is 29.2 Å². The molecular formula is C12H20O6. The van der Waals surface area contributed by atoms with E-state index in [0.717, 1.165) is 0 Å². The third-order valence-electron chi connectivity index (χ3n) is 3.45. The van der Waals surface area contributed by atoms with Crippen LogP contribution < -0.4 is 0 Å². The van der Waals surface area contributed by atoms with Crippen LogP contribution in [0.5, 0.6) is 0 Å². The van der Waals surface area contributed by atoms with Crippen LogP contribution in [-0.2, 0) is 19.0 Å².